The van der Waals surface area contributed by atoms with Gasteiger partial charge in [0.25, 0.3) is 0 Å². The molecule has 0 saturated carbocycles. The first kappa shape index (κ1) is 22.5. The van der Waals surface area contributed by atoms with E-state index in [-0.39, 0.29) is 0 Å². The molecular weight excluding hydrogens is 362 g/mol. The highest BCUT2D eigenvalue weighted by Crippen LogP contribution is 2.05. The van der Waals surface area contributed by atoms with Crippen molar-refractivity contribution in [3.8, 4) is 0 Å². The van der Waals surface area contributed by atoms with Crippen molar-refractivity contribution in [1.82, 2.24) is 5.32 Å². The fraction of sp³-hybridized carbons (Fsp3) is 0.615. The Kier molecular flexibility index (Phi) is 8.74. The molecule has 0 aromatic rings. The number of carbonyl (C=O) groups is 5. The lowest BCUT2D eigenvalue weighted by Gasteiger charge is -2.18. The third kappa shape index (κ3) is 10.1. The van der Waals surface area contributed by atoms with Crippen LogP contribution in [0.3, 0.4) is 0 Å². The number of sulfone groups is 1. The number of esters is 1. The zero-order valence-electron chi connectivity index (χ0n) is 13.6. The Labute approximate surface area is 143 Å². The molecule has 0 saturated heterocycles. The van der Waals surface area contributed by atoms with Crippen molar-refractivity contribution in [3.63, 3.8) is 0 Å². The molecular formula is C13H19NO10S. The Hall–Kier alpha value is -2.50. The van der Waals surface area contributed by atoms with Crippen molar-refractivity contribution in [2.24, 2.45) is 5.92 Å². The minimum Gasteiger partial charge on any atom is -0.481 e. The van der Waals surface area contributed by atoms with E-state index in [0.717, 1.165) is 6.92 Å². The van der Waals surface area contributed by atoms with Gasteiger partial charge in [-0.2, -0.15) is 0 Å². The Morgan fingerprint density at radius 1 is 1.08 bits per heavy atom. The smallest absolute Gasteiger partial charge is 0.318 e. The maximum absolute atomic E-state index is 12.0. The van der Waals surface area contributed by atoms with Gasteiger partial charge in [0.2, 0.25) is 5.91 Å². The number of nitrogens with one attached hydrogen (secondary N) is 1. The van der Waals surface area contributed by atoms with Gasteiger partial charge in [0.1, 0.15) is 11.8 Å². The standard InChI is InChI=1S/C13H19NO10S/c1-7(5-25(22,23)6-12(19)20)13(21)14-9(3-11(17)18)10(16)4-24-8(2)15/h7,9H,3-6H2,1-2H3,(H,14,21)(H,17,18)(H,19,20). The summed E-state index contributed by atoms with van der Waals surface area (Å²) >= 11 is 0. The summed E-state index contributed by atoms with van der Waals surface area (Å²) in [7, 11) is -4.06. The lowest BCUT2D eigenvalue weighted by atomic mass is 10.1. The fourth-order valence-corrected chi connectivity index (χ4v) is 3.12. The summed E-state index contributed by atoms with van der Waals surface area (Å²) in [6, 6.07) is -1.52. The highest BCUT2D eigenvalue weighted by Gasteiger charge is 2.29. The van der Waals surface area contributed by atoms with Crippen molar-refractivity contribution < 1.29 is 47.3 Å². The number of rotatable bonds is 11. The number of ether oxygens (including phenoxy) is 1. The van der Waals surface area contributed by atoms with E-state index < -0.39 is 75.9 Å². The van der Waals surface area contributed by atoms with Gasteiger partial charge >= 0.3 is 17.9 Å². The monoisotopic (exact) mass is 381 g/mol. The first-order chi connectivity index (χ1) is 11.3. The van der Waals surface area contributed by atoms with Crippen LogP contribution in [0.25, 0.3) is 0 Å². The molecule has 0 aliphatic carbocycles. The van der Waals surface area contributed by atoms with Crippen LogP contribution in [-0.2, 0) is 38.5 Å². The topological polar surface area (TPSA) is 181 Å². The number of hydrogen-bond donors (Lipinski definition) is 3. The molecule has 0 rings (SSSR count). The van der Waals surface area contributed by atoms with E-state index in [1.807, 2.05) is 0 Å². The fourth-order valence-electron chi connectivity index (χ4n) is 1.71. The highest BCUT2D eigenvalue weighted by molar-refractivity contribution is 7.92. The van der Waals surface area contributed by atoms with Crippen LogP contribution >= 0.6 is 0 Å². The van der Waals surface area contributed by atoms with Crippen LogP contribution in [0.1, 0.15) is 20.3 Å². The van der Waals surface area contributed by atoms with Gasteiger partial charge in [0, 0.05) is 12.8 Å². The maximum Gasteiger partial charge on any atom is 0.318 e. The van der Waals surface area contributed by atoms with E-state index >= 15 is 0 Å². The quantitative estimate of drug-likeness (QED) is 0.346. The summed E-state index contributed by atoms with van der Waals surface area (Å²) in [6.07, 6.45) is -0.791. The van der Waals surface area contributed by atoms with Crippen LogP contribution < -0.4 is 5.32 Å². The molecule has 0 fully saturated rings. The number of carboxylic acids is 2. The zero-order chi connectivity index (χ0) is 19.8. The second-order valence-corrected chi connectivity index (χ2v) is 7.36. The first-order valence-corrected chi connectivity index (χ1v) is 8.76. The summed E-state index contributed by atoms with van der Waals surface area (Å²) < 4.78 is 27.5. The Morgan fingerprint density at radius 3 is 2.08 bits per heavy atom. The largest absolute Gasteiger partial charge is 0.481 e. The normalized spacial score (nSPS) is 13.4. The third-order valence-electron chi connectivity index (χ3n) is 2.80. The SMILES string of the molecule is CC(=O)OCC(=O)C(CC(=O)O)NC(=O)C(C)CS(=O)(=O)CC(=O)O. The van der Waals surface area contributed by atoms with Gasteiger partial charge in [0.05, 0.1) is 12.2 Å². The summed E-state index contributed by atoms with van der Waals surface area (Å²) in [4.78, 5) is 55.7. The second kappa shape index (κ2) is 9.71. The average molecular weight is 381 g/mol. The molecule has 0 spiro atoms. The van der Waals surface area contributed by atoms with Crippen LogP contribution in [0.5, 0.6) is 0 Å². The molecule has 12 heteroatoms. The predicted molar refractivity (Wildman–Crippen MR) is 81.3 cm³/mol. The van der Waals surface area contributed by atoms with Crippen LogP contribution in [-0.4, -0.2) is 72.4 Å². The van der Waals surface area contributed by atoms with Crippen molar-refractivity contribution >= 4 is 39.4 Å². The maximum atomic E-state index is 12.0. The lowest BCUT2D eigenvalue weighted by Crippen LogP contribution is -2.47. The molecule has 0 aromatic heterocycles. The molecule has 25 heavy (non-hydrogen) atoms. The first-order valence-electron chi connectivity index (χ1n) is 6.94. The van der Waals surface area contributed by atoms with Crippen LogP contribution in [0.15, 0.2) is 0 Å². The number of hydrogen-bond acceptors (Lipinski definition) is 8. The van der Waals surface area contributed by atoms with E-state index in [1.165, 1.54) is 6.92 Å². The molecule has 0 heterocycles. The summed E-state index contributed by atoms with van der Waals surface area (Å²) in [5.41, 5.74) is 0. The predicted octanol–water partition coefficient (Wildman–Crippen LogP) is -1.79. The molecule has 1 amide bonds. The Bertz CT molecular complexity index is 654. The molecule has 2 atom stereocenters. The van der Waals surface area contributed by atoms with E-state index in [9.17, 15) is 32.4 Å². The van der Waals surface area contributed by atoms with E-state index in [1.54, 1.807) is 0 Å². The Balaban J connectivity index is 4.95. The number of carboxylic acid groups (broad SMARTS) is 2. The van der Waals surface area contributed by atoms with Gasteiger partial charge in [0.15, 0.2) is 22.2 Å². The van der Waals surface area contributed by atoms with E-state index in [4.69, 9.17) is 10.2 Å². The number of amides is 1. The zero-order valence-corrected chi connectivity index (χ0v) is 14.4. The van der Waals surface area contributed by atoms with Crippen LogP contribution in [0.2, 0.25) is 0 Å². The molecule has 142 valence electrons. The number of Topliss-reactive ketones (excluding diaryl/α,β-unsaturated/α-hetero) is 1. The van der Waals surface area contributed by atoms with Crippen molar-refractivity contribution in [2.75, 3.05) is 18.1 Å². The molecule has 0 radical (unpaired) electrons. The van der Waals surface area contributed by atoms with Gasteiger partial charge in [-0.05, 0) is 0 Å². The summed E-state index contributed by atoms with van der Waals surface area (Å²) in [6.45, 7) is 1.47. The van der Waals surface area contributed by atoms with Gasteiger partial charge < -0.3 is 20.3 Å². The van der Waals surface area contributed by atoms with Crippen LogP contribution in [0.4, 0.5) is 0 Å². The molecule has 0 aromatic carbocycles. The minimum absolute atomic E-state index is 0.751. The summed E-state index contributed by atoms with van der Waals surface area (Å²) in [5, 5.41) is 19.3. The van der Waals surface area contributed by atoms with Gasteiger partial charge in [-0.25, -0.2) is 8.42 Å². The molecule has 11 nitrogen and oxygen atoms in total. The number of aliphatic carboxylic acids is 2. The third-order valence-corrected chi connectivity index (χ3v) is 4.49. The lowest BCUT2D eigenvalue weighted by molar-refractivity contribution is -0.147. The van der Waals surface area contributed by atoms with Crippen molar-refractivity contribution in [2.45, 2.75) is 26.3 Å². The van der Waals surface area contributed by atoms with Gasteiger partial charge in [-0.1, -0.05) is 6.92 Å². The average Bonchev–Trinajstić information content (AvgIpc) is 2.41. The number of ketones is 1. The number of carbonyl (C=O) groups excluding carboxylic acids is 3. The van der Waals surface area contributed by atoms with Crippen LogP contribution in [0, 0.1) is 5.92 Å². The van der Waals surface area contributed by atoms with E-state index in [2.05, 4.69) is 10.1 Å². The van der Waals surface area contributed by atoms with Gasteiger partial charge in [-0.15, -0.1) is 0 Å². The summed E-state index contributed by atoms with van der Waals surface area (Å²) in [5.74, 6) is -8.76. The molecule has 2 unspecified atom stereocenters. The Morgan fingerprint density at radius 2 is 1.64 bits per heavy atom. The molecule has 0 bridgehead atoms. The molecule has 0 aliphatic heterocycles. The second-order valence-electron chi connectivity index (χ2n) is 5.25. The van der Waals surface area contributed by atoms with E-state index in [0.29, 0.717) is 0 Å². The van der Waals surface area contributed by atoms with Crippen molar-refractivity contribution in [3.05, 3.63) is 0 Å². The van der Waals surface area contributed by atoms with Gasteiger partial charge in [-0.3, -0.25) is 24.0 Å². The highest BCUT2D eigenvalue weighted by atomic mass is 32.2. The minimum atomic E-state index is -4.06. The molecule has 0 aliphatic rings. The van der Waals surface area contributed by atoms with Crippen molar-refractivity contribution in [1.29, 1.82) is 0 Å². The molecule has 3 N–H and O–H groups in total.